The van der Waals surface area contributed by atoms with E-state index in [1.165, 1.54) is 12.1 Å². The van der Waals surface area contributed by atoms with Gasteiger partial charge >= 0.3 is 0 Å². The van der Waals surface area contributed by atoms with Gasteiger partial charge in [-0.25, -0.2) is 0 Å². The quantitative estimate of drug-likeness (QED) is 0.673. The Balaban J connectivity index is 2.05. The molecule has 2 rings (SSSR count). The minimum Gasteiger partial charge on any atom is -0.399 e. The molecule has 0 aliphatic rings. The predicted octanol–water partition coefficient (Wildman–Crippen LogP) is 3.45. The van der Waals surface area contributed by atoms with Crippen molar-refractivity contribution in [2.75, 3.05) is 11.1 Å². The highest BCUT2D eigenvalue weighted by atomic mass is 35.5. The van der Waals surface area contributed by atoms with Crippen molar-refractivity contribution >= 4 is 35.0 Å². The first kappa shape index (κ1) is 14.6. The molecule has 2 aromatic rings. The van der Waals surface area contributed by atoms with Gasteiger partial charge in [-0.3, -0.25) is 4.79 Å². The lowest BCUT2D eigenvalue weighted by molar-refractivity contribution is -0.111. The number of hydrogen-bond donors (Lipinski definition) is 2. The van der Waals surface area contributed by atoms with E-state index in [1.54, 1.807) is 30.3 Å². The van der Waals surface area contributed by atoms with E-state index in [-0.39, 0.29) is 5.91 Å². The smallest absolute Gasteiger partial charge is 0.248 e. The molecule has 5 heteroatoms. The maximum Gasteiger partial charge on any atom is 0.248 e. The summed E-state index contributed by atoms with van der Waals surface area (Å²) >= 11 is 5.98. The van der Waals surface area contributed by atoms with Crippen LogP contribution in [0.4, 0.5) is 11.4 Å². The van der Waals surface area contributed by atoms with Crippen LogP contribution in [-0.2, 0) is 4.79 Å². The summed E-state index contributed by atoms with van der Waals surface area (Å²) in [5.41, 5.74) is 8.02. The lowest BCUT2D eigenvalue weighted by atomic mass is 10.2. The van der Waals surface area contributed by atoms with E-state index in [2.05, 4.69) is 5.32 Å². The Morgan fingerprint density at radius 2 is 1.95 bits per heavy atom. The molecule has 0 aliphatic heterocycles. The molecule has 4 nitrogen and oxygen atoms in total. The monoisotopic (exact) mass is 297 g/mol. The van der Waals surface area contributed by atoms with E-state index in [0.717, 1.165) is 5.56 Å². The molecule has 0 saturated heterocycles. The normalized spacial score (nSPS) is 10.3. The number of benzene rings is 2. The van der Waals surface area contributed by atoms with E-state index >= 15 is 0 Å². The van der Waals surface area contributed by atoms with Gasteiger partial charge in [0.2, 0.25) is 5.91 Å². The first-order valence-electron chi connectivity index (χ1n) is 6.13. The second-order valence-electron chi connectivity index (χ2n) is 4.30. The zero-order chi connectivity index (χ0) is 15.2. The number of nitriles is 1. The molecule has 0 fully saturated rings. The zero-order valence-electron chi connectivity index (χ0n) is 11.0. The van der Waals surface area contributed by atoms with E-state index < -0.39 is 0 Å². The van der Waals surface area contributed by atoms with Gasteiger partial charge in [-0.1, -0.05) is 23.7 Å². The highest BCUT2D eigenvalue weighted by Gasteiger charge is 2.04. The second kappa shape index (κ2) is 6.60. The van der Waals surface area contributed by atoms with Gasteiger partial charge in [-0.2, -0.15) is 5.26 Å². The average Bonchev–Trinajstić information content (AvgIpc) is 2.48. The number of carbonyl (C=O) groups excluding carboxylic acids is 1. The third-order valence-electron chi connectivity index (χ3n) is 2.72. The Morgan fingerprint density at radius 3 is 2.57 bits per heavy atom. The molecule has 0 aliphatic carbocycles. The number of rotatable bonds is 3. The Hall–Kier alpha value is -2.77. The molecule has 0 radical (unpaired) electrons. The molecule has 1 amide bonds. The summed E-state index contributed by atoms with van der Waals surface area (Å²) in [5.74, 6) is -0.307. The van der Waals surface area contributed by atoms with Gasteiger partial charge in [0.25, 0.3) is 0 Å². The average molecular weight is 298 g/mol. The van der Waals surface area contributed by atoms with Crippen LogP contribution in [0, 0.1) is 11.3 Å². The molecule has 0 heterocycles. The van der Waals surface area contributed by atoms with Crippen LogP contribution in [-0.4, -0.2) is 5.91 Å². The number of amides is 1. The fraction of sp³-hybridized carbons (Fsp3) is 0. The minimum atomic E-state index is -0.307. The van der Waals surface area contributed by atoms with Crippen molar-refractivity contribution in [2.24, 2.45) is 0 Å². The molecule has 2 aromatic carbocycles. The number of hydrogen-bond acceptors (Lipinski definition) is 3. The highest BCUT2D eigenvalue weighted by molar-refractivity contribution is 6.34. The largest absolute Gasteiger partial charge is 0.399 e. The van der Waals surface area contributed by atoms with Crippen LogP contribution in [0.5, 0.6) is 0 Å². The SMILES string of the molecule is N#Cc1ccc(NC(=O)/C=C/c2ccc(N)cc2)c(Cl)c1. The molecule has 0 unspecified atom stereocenters. The topological polar surface area (TPSA) is 78.9 Å². The van der Waals surface area contributed by atoms with Crippen LogP contribution in [0.3, 0.4) is 0 Å². The summed E-state index contributed by atoms with van der Waals surface area (Å²) in [6, 6.07) is 13.8. The predicted molar refractivity (Wildman–Crippen MR) is 84.7 cm³/mol. The number of nitrogens with one attached hydrogen (secondary N) is 1. The van der Waals surface area contributed by atoms with Crippen molar-refractivity contribution in [1.82, 2.24) is 0 Å². The van der Waals surface area contributed by atoms with E-state index in [9.17, 15) is 4.79 Å². The molecule has 0 spiro atoms. The highest BCUT2D eigenvalue weighted by Crippen LogP contribution is 2.22. The lowest BCUT2D eigenvalue weighted by Crippen LogP contribution is -2.08. The molecule has 0 atom stereocenters. The zero-order valence-corrected chi connectivity index (χ0v) is 11.8. The number of anilines is 2. The van der Waals surface area contributed by atoms with Gasteiger partial charge in [0.05, 0.1) is 22.3 Å². The summed E-state index contributed by atoms with van der Waals surface area (Å²) in [6.07, 6.45) is 3.08. The van der Waals surface area contributed by atoms with Crippen molar-refractivity contribution in [3.8, 4) is 6.07 Å². The van der Waals surface area contributed by atoms with Crippen molar-refractivity contribution in [1.29, 1.82) is 5.26 Å². The lowest BCUT2D eigenvalue weighted by Gasteiger charge is -2.04. The van der Waals surface area contributed by atoms with Crippen molar-refractivity contribution in [3.63, 3.8) is 0 Å². The second-order valence-corrected chi connectivity index (χ2v) is 4.70. The number of nitrogens with two attached hydrogens (primary N) is 1. The van der Waals surface area contributed by atoms with Gasteiger partial charge < -0.3 is 11.1 Å². The molecule has 0 bridgehead atoms. The van der Waals surface area contributed by atoms with E-state index in [4.69, 9.17) is 22.6 Å². The van der Waals surface area contributed by atoms with Gasteiger partial charge in [-0.15, -0.1) is 0 Å². The van der Waals surface area contributed by atoms with Crippen LogP contribution in [0.2, 0.25) is 5.02 Å². The fourth-order valence-electron chi connectivity index (χ4n) is 1.64. The van der Waals surface area contributed by atoms with Crippen LogP contribution in [0.25, 0.3) is 6.08 Å². The molecule has 0 saturated carbocycles. The summed E-state index contributed by atoms with van der Waals surface area (Å²) in [6.45, 7) is 0. The van der Waals surface area contributed by atoms with Crippen LogP contribution in [0.15, 0.2) is 48.5 Å². The van der Waals surface area contributed by atoms with Crippen LogP contribution < -0.4 is 11.1 Å². The summed E-state index contributed by atoms with van der Waals surface area (Å²) in [4.78, 5) is 11.8. The summed E-state index contributed by atoms with van der Waals surface area (Å²) in [5, 5.41) is 11.7. The van der Waals surface area contributed by atoms with Gasteiger partial charge in [0.15, 0.2) is 0 Å². The molecular formula is C16H12ClN3O. The fourth-order valence-corrected chi connectivity index (χ4v) is 1.87. The molecular weight excluding hydrogens is 286 g/mol. The van der Waals surface area contributed by atoms with E-state index in [0.29, 0.717) is 22.0 Å². The van der Waals surface area contributed by atoms with Crippen molar-refractivity contribution in [3.05, 3.63) is 64.7 Å². The maximum atomic E-state index is 11.8. The number of nitrogen functional groups attached to an aromatic ring is 1. The Bertz CT molecular complexity index is 730. The first-order valence-corrected chi connectivity index (χ1v) is 6.50. The van der Waals surface area contributed by atoms with Gasteiger partial charge in [-0.05, 0) is 42.0 Å². The Morgan fingerprint density at radius 1 is 1.24 bits per heavy atom. The Kier molecular flexibility index (Phi) is 4.60. The van der Waals surface area contributed by atoms with Crippen molar-refractivity contribution < 1.29 is 4.79 Å². The summed E-state index contributed by atoms with van der Waals surface area (Å²) < 4.78 is 0. The van der Waals surface area contributed by atoms with E-state index in [1.807, 2.05) is 18.2 Å². The maximum absolute atomic E-state index is 11.8. The minimum absolute atomic E-state index is 0.307. The third-order valence-corrected chi connectivity index (χ3v) is 3.03. The third kappa shape index (κ3) is 4.10. The first-order chi connectivity index (χ1) is 10.1. The van der Waals surface area contributed by atoms with Crippen molar-refractivity contribution in [2.45, 2.75) is 0 Å². The van der Waals surface area contributed by atoms with Gasteiger partial charge in [0, 0.05) is 11.8 Å². The molecule has 21 heavy (non-hydrogen) atoms. The molecule has 104 valence electrons. The number of nitrogens with zero attached hydrogens (tertiary/aromatic N) is 1. The standard InChI is InChI=1S/C16H12ClN3O/c17-14-9-12(10-18)3-7-15(14)20-16(21)8-4-11-1-5-13(19)6-2-11/h1-9H,19H2,(H,20,21)/b8-4+. The number of halogens is 1. The number of carbonyl (C=O) groups is 1. The van der Waals surface area contributed by atoms with Crippen LogP contribution >= 0.6 is 11.6 Å². The molecule has 3 N–H and O–H groups in total. The van der Waals surface area contributed by atoms with Crippen LogP contribution in [0.1, 0.15) is 11.1 Å². The van der Waals surface area contributed by atoms with Gasteiger partial charge in [0.1, 0.15) is 0 Å². The summed E-state index contributed by atoms with van der Waals surface area (Å²) in [7, 11) is 0. The molecule has 0 aromatic heterocycles. The Labute approximate surface area is 127 Å².